The smallest absolute Gasteiger partial charge is 0.157 e. The Morgan fingerprint density at radius 3 is 2.88 bits per heavy atom. The zero-order valence-corrected chi connectivity index (χ0v) is 16.9. The lowest BCUT2D eigenvalue weighted by Crippen LogP contribution is -2.30. The van der Waals surface area contributed by atoms with Crippen molar-refractivity contribution < 1.29 is 19.7 Å². The third-order valence-corrected chi connectivity index (χ3v) is 6.07. The normalized spacial score (nSPS) is 33.2. The number of hydrogen-bond acceptors (Lipinski definition) is 5. The van der Waals surface area contributed by atoms with Crippen molar-refractivity contribution in [2.75, 3.05) is 13.2 Å². The Kier molecular flexibility index (Phi) is 10.1. The molecule has 0 bridgehead atoms. The number of hydrogen-bond donors (Lipinski definition) is 2. The molecule has 1 unspecified atom stereocenters. The topological polar surface area (TPSA) is 58.9 Å². The van der Waals surface area contributed by atoms with Crippen LogP contribution in [0.2, 0.25) is 0 Å². The fourth-order valence-electron chi connectivity index (χ4n) is 3.72. The van der Waals surface area contributed by atoms with Gasteiger partial charge in [0.25, 0.3) is 0 Å². The van der Waals surface area contributed by atoms with Gasteiger partial charge in [0.2, 0.25) is 0 Å². The summed E-state index contributed by atoms with van der Waals surface area (Å²) in [5.74, 6) is 6.46. The number of aliphatic hydroxyl groups is 2. The fraction of sp³-hybridized carbons (Fsp3) is 0.810. The minimum Gasteiger partial charge on any atom is -0.396 e. The molecule has 0 spiro atoms. The molecule has 148 valence electrons. The average Bonchev–Trinajstić information content (AvgIpc) is 2.92. The van der Waals surface area contributed by atoms with Crippen LogP contribution in [0.3, 0.4) is 0 Å². The Bertz CT molecular complexity index is 478. The minimum atomic E-state index is -0.428. The van der Waals surface area contributed by atoms with Gasteiger partial charge in [0.05, 0.1) is 12.2 Å². The van der Waals surface area contributed by atoms with E-state index < -0.39 is 6.10 Å². The quantitative estimate of drug-likeness (QED) is 0.627. The van der Waals surface area contributed by atoms with Crippen LogP contribution in [0, 0.1) is 23.7 Å². The molecule has 1 saturated carbocycles. The van der Waals surface area contributed by atoms with Gasteiger partial charge >= 0.3 is 0 Å². The molecule has 5 heteroatoms. The van der Waals surface area contributed by atoms with Gasteiger partial charge in [-0.3, -0.25) is 0 Å². The molecule has 2 aliphatic rings. The molecule has 1 aliphatic heterocycles. The molecule has 2 N–H and O–H groups in total. The van der Waals surface area contributed by atoms with Crippen LogP contribution in [0.4, 0.5) is 0 Å². The van der Waals surface area contributed by atoms with Crippen molar-refractivity contribution in [1.29, 1.82) is 0 Å². The molecule has 4 nitrogen and oxygen atoms in total. The molecule has 2 fully saturated rings. The minimum absolute atomic E-state index is 0.0422. The van der Waals surface area contributed by atoms with Gasteiger partial charge in [-0.15, -0.1) is 23.6 Å². The number of thioether (sulfide) groups is 1. The Morgan fingerprint density at radius 2 is 2.19 bits per heavy atom. The van der Waals surface area contributed by atoms with Crippen LogP contribution >= 0.6 is 11.8 Å². The van der Waals surface area contributed by atoms with Crippen molar-refractivity contribution >= 4 is 11.8 Å². The summed E-state index contributed by atoms with van der Waals surface area (Å²) in [7, 11) is 0. The predicted octanol–water partition coefficient (Wildman–Crippen LogP) is 3.72. The highest BCUT2D eigenvalue weighted by molar-refractivity contribution is 8.02. The second kappa shape index (κ2) is 12.0. The highest BCUT2D eigenvalue weighted by Gasteiger charge is 2.42. The second-order valence-electron chi connectivity index (χ2n) is 7.21. The van der Waals surface area contributed by atoms with Crippen LogP contribution in [0.25, 0.3) is 0 Å². The van der Waals surface area contributed by atoms with Crippen molar-refractivity contribution in [3.05, 3.63) is 11.5 Å². The van der Waals surface area contributed by atoms with Gasteiger partial charge in [0.15, 0.2) is 6.29 Å². The molecule has 6 atom stereocenters. The summed E-state index contributed by atoms with van der Waals surface area (Å²) in [5, 5.41) is 22.4. The Balaban J connectivity index is 1.94. The largest absolute Gasteiger partial charge is 0.396 e. The second-order valence-corrected chi connectivity index (χ2v) is 8.56. The van der Waals surface area contributed by atoms with E-state index in [-0.39, 0.29) is 30.8 Å². The van der Waals surface area contributed by atoms with Crippen molar-refractivity contribution in [2.45, 2.75) is 82.5 Å². The zero-order chi connectivity index (χ0) is 18.8. The predicted molar refractivity (Wildman–Crippen MR) is 107 cm³/mol. The maximum atomic E-state index is 10.5. The number of ether oxygens (including phenoxy) is 2. The zero-order valence-electron chi connectivity index (χ0n) is 16.1. The molecule has 1 heterocycles. The third kappa shape index (κ3) is 6.90. The van der Waals surface area contributed by atoms with E-state index in [9.17, 15) is 10.2 Å². The molecule has 0 aromatic carbocycles. The summed E-state index contributed by atoms with van der Waals surface area (Å²) in [4.78, 5) is 0. The molecule has 0 amide bonds. The summed E-state index contributed by atoms with van der Waals surface area (Å²) in [6.45, 7) is 5.09. The van der Waals surface area contributed by atoms with Gasteiger partial charge in [-0.1, -0.05) is 19.9 Å². The first-order valence-corrected chi connectivity index (χ1v) is 10.9. The molecular formula is C21H34O4S. The van der Waals surface area contributed by atoms with Gasteiger partial charge in [0.1, 0.15) is 0 Å². The van der Waals surface area contributed by atoms with E-state index in [0.717, 1.165) is 38.7 Å². The molecule has 1 saturated heterocycles. The van der Waals surface area contributed by atoms with E-state index in [2.05, 4.69) is 37.2 Å². The Morgan fingerprint density at radius 1 is 1.35 bits per heavy atom. The van der Waals surface area contributed by atoms with E-state index in [1.807, 2.05) is 0 Å². The highest BCUT2D eigenvalue weighted by Crippen LogP contribution is 2.39. The fourth-order valence-corrected chi connectivity index (χ4v) is 4.44. The van der Waals surface area contributed by atoms with Crippen molar-refractivity contribution in [1.82, 2.24) is 0 Å². The van der Waals surface area contributed by atoms with E-state index in [1.54, 1.807) is 11.8 Å². The average molecular weight is 383 g/mol. The van der Waals surface area contributed by atoms with E-state index >= 15 is 0 Å². The van der Waals surface area contributed by atoms with Gasteiger partial charge in [-0.2, -0.15) is 0 Å². The van der Waals surface area contributed by atoms with Crippen LogP contribution < -0.4 is 0 Å². The van der Waals surface area contributed by atoms with Crippen LogP contribution in [0.15, 0.2) is 11.5 Å². The monoisotopic (exact) mass is 382 g/mol. The summed E-state index contributed by atoms with van der Waals surface area (Å²) < 4.78 is 11.9. The molecule has 0 aromatic heterocycles. The lowest BCUT2D eigenvalue weighted by atomic mass is 9.91. The van der Waals surface area contributed by atoms with Crippen molar-refractivity contribution in [3.8, 4) is 11.8 Å². The van der Waals surface area contributed by atoms with Gasteiger partial charge in [-0.25, -0.2) is 0 Å². The lowest BCUT2D eigenvalue weighted by Gasteiger charge is -2.29. The van der Waals surface area contributed by atoms with E-state index in [0.29, 0.717) is 18.1 Å². The molecule has 26 heavy (non-hydrogen) atoms. The first-order valence-electron chi connectivity index (χ1n) is 9.99. The SMILES string of the molecule is CCC#CC[C@H](C)S/C=C/[C@@H]1[C@@H](CCO)[C@@H](O)C[C@H]1OC1CCCCO1. The summed E-state index contributed by atoms with van der Waals surface area (Å²) in [5.41, 5.74) is 0. The van der Waals surface area contributed by atoms with Gasteiger partial charge in [-0.05, 0) is 37.0 Å². The Hall–Kier alpha value is -0.510. The van der Waals surface area contributed by atoms with Crippen LogP contribution in [0.5, 0.6) is 0 Å². The van der Waals surface area contributed by atoms with Crippen LogP contribution in [0.1, 0.15) is 58.8 Å². The molecule has 1 aliphatic carbocycles. The number of aliphatic hydroxyl groups excluding tert-OH is 2. The van der Waals surface area contributed by atoms with Crippen LogP contribution in [-0.4, -0.2) is 47.2 Å². The molecule has 0 radical (unpaired) electrons. The van der Waals surface area contributed by atoms with Crippen molar-refractivity contribution in [3.63, 3.8) is 0 Å². The molecular weight excluding hydrogens is 348 g/mol. The summed E-state index contributed by atoms with van der Waals surface area (Å²) in [6.07, 6.45) is 7.69. The summed E-state index contributed by atoms with van der Waals surface area (Å²) >= 11 is 1.77. The van der Waals surface area contributed by atoms with Crippen molar-refractivity contribution in [2.24, 2.45) is 11.8 Å². The first-order chi connectivity index (χ1) is 12.7. The molecule has 0 aromatic rings. The van der Waals surface area contributed by atoms with E-state index in [1.165, 1.54) is 0 Å². The maximum absolute atomic E-state index is 10.5. The maximum Gasteiger partial charge on any atom is 0.157 e. The molecule has 2 rings (SSSR count). The van der Waals surface area contributed by atoms with Crippen LogP contribution in [-0.2, 0) is 9.47 Å². The Labute approximate surface area is 162 Å². The first kappa shape index (κ1) is 21.8. The van der Waals surface area contributed by atoms with Gasteiger partial charge < -0.3 is 19.7 Å². The van der Waals surface area contributed by atoms with Gasteiger partial charge in [0, 0.05) is 43.6 Å². The number of rotatable bonds is 8. The summed E-state index contributed by atoms with van der Waals surface area (Å²) in [6, 6.07) is 0. The van der Waals surface area contributed by atoms with E-state index in [4.69, 9.17) is 9.47 Å². The standard InChI is InChI=1S/C21H34O4S/c1-3-4-5-8-16(2)26-14-11-18-17(10-12-22)19(23)15-20(18)25-21-9-6-7-13-24-21/h11,14,16-23H,3,6-10,12-13,15H2,1-2H3/b14-11+/t16-,17+,18+,19-,20+,21?/m0/s1. The third-order valence-electron chi connectivity index (χ3n) is 5.12. The highest BCUT2D eigenvalue weighted by atomic mass is 32.2. The lowest BCUT2D eigenvalue weighted by molar-refractivity contribution is -0.193.